The van der Waals surface area contributed by atoms with Crippen molar-refractivity contribution in [3.05, 3.63) is 154 Å². The third kappa shape index (κ3) is 4.79. The molecule has 7 rings (SSSR count). The van der Waals surface area contributed by atoms with Crippen molar-refractivity contribution in [1.29, 1.82) is 0 Å². The Balaban J connectivity index is 1.57. The fourth-order valence-corrected chi connectivity index (χ4v) is 8.66. The number of fused-ring (bicyclic) bond motifs is 4. The monoisotopic (exact) mass is 590 g/mol. The minimum Gasteiger partial charge on any atom is -0.0726 e. The standard InChI is InChI=1S/C45H50/c1-42(2,3)31-20-22-34-35-23-21-32(43(4,5)6)25-38(35)41(37(34)24-31)45(30-18-14-11-15-19-30)28-39(29-16-12-10-13-17-29)36-26-33(27-40(36)45)44(7,8)9/h10-27,39-41H,28H2,1-9H3. The first-order chi connectivity index (χ1) is 21.2. The van der Waals surface area contributed by atoms with E-state index in [4.69, 9.17) is 0 Å². The lowest BCUT2D eigenvalue weighted by Gasteiger charge is -2.42. The molecule has 0 amide bonds. The molecule has 0 bridgehead atoms. The van der Waals surface area contributed by atoms with Crippen LogP contribution in [0.15, 0.2) is 120 Å². The van der Waals surface area contributed by atoms with Crippen LogP contribution < -0.4 is 0 Å². The Bertz CT molecular complexity index is 1750. The molecule has 0 N–H and O–H groups in total. The first-order valence-corrected chi connectivity index (χ1v) is 17.0. The van der Waals surface area contributed by atoms with Crippen LogP contribution >= 0.6 is 0 Å². The first-order valence-electron chi connectivity index (χ1n) is 17.0. The molecule has 0 nitrogen and oxygen atoms in total. The number of allylic oxidation sites excluding steroid dienone is 4. The maximum absolute atomic E-state index is 2.68. The van der Waals surface area contributed by atoms with Gasteiger partial charge in [0.1, 0.15) is 0 Å². The number of hydrogen-bond acceptors (Lipinski definition) is 0. The lowest BCUT2D eigenvalue weighted by Crippen LogP contribution is -2.37. The van der Waals surface area contributed by atoms with Gasteiger partial charge in [-0.2, -0.15) is 0 Å². The predicted molar refractivity (Wildman–Crippen MR) is 192 cm³/mol. The summed E-state index contributed by atoms with van der Waals surface area (Å²) in [5.74, 6) is 0.934. The molecule has 4 aromatic rings. The van der Waals surface area contributed by atoms with Gasteiger partial charge in [0.15, 0.2) is 0 Å². The van der Waals surface area contributed by atoms with Crippen LogP contribution in [0.3, 0.4) is 0 Å². The van der Waals surface area contributed by atoms with E-state index < -0.39 is 0 Å². The van der Waals surface area contributed by atoms with Crippen LogP contribution in [0, 0.1) is 11.3 Å². The first kappa shape index (κ1) is 30.0. The SMILES string of the molecule is CC(C)(C)C1=CC2C(=C1)C(c1ccccc1)CC2(c1ccccc1)C1c2cc(C(C)(C)C)ccc2-c2ccc(C(C)(C)C)cc21. The molecule has 45 heavy (non-hydrogen) atoms. The fraction of sp³-hybridized carbons (Fsp3) is 0.378. The Morgan fingerprint density at radius 3 is 1.58 bits per heavy atom. The Hall–Kier alpha value is -3.64. The molecule has 0 heterocycles. The molecule has 3 aliphatic carbocycles. The van der Waals surface area contributed by atoms with Crippen LogP contribution in [0.25, 0.3) is 11.1 Å². The highest BCUT2D eigenvalue weighted by molar-refractivity contribution is 5.82. The Labute approximate surface area is 272 Å². The van der Waals surface area contributed by atoms with E-state index in [2.05, 4.69) is 172 Å². The van der Waals surface area contributed by atoms with Crippen molar-refractivity contribution < 1.29 is 0 Å². The van der Waals surface area contributed by atoms with E-state index >= 15 is 0 Å². The third-order valence-electron chi connectivity index (χ3n) is 11.2. The minimum absolute atomic E-state index is 0.0742. The highest BCUT2D eigenvalue weighted by Gasteiger charge is 2.59. The van der Waals surface area contributed by atoms with Gasteiger partial charge in [0.25, 0.3) is 0 Å². The molecule has 3 aliphatic rings. The molecule has 230 valence electrons. The lowest BCUT2D eigenvalue weighted by atomic mass is 9.60. The Kier molecular flexibility index (Phi) is 6.80. The maximum Gasteiger partial charge on any atom is 0.0208 e. The normalized spacial score (nSPS) is 23.0. The largest absolute Gasteiger partial charge is 0.0726 e. The average molecular weight is 591 g/mol. The number of hydrogen-bond donors (Lipinski definition) is 0. The van der Waals surface area contributed by atoms with Crippen LogP contribution in [0.2, 0.25) is 0 Å². The van der Waals surface area contributed by atoms with Gasteiger partial charge in [-0.25, -0.2) is 0 Å². The summed E-state index contributed by atoms with van der Waals surface area (Å²) in [6.45, 7) is 21.3. The van der Waals surface area contributed by atoms with Crippen LogP contribution in [-0.2, 0) is 16.2 Å². The number of rotatable bonds is 3. The zero-order valence-electron chi connectivity index (χ0n) is 28.8. The van der Waals surface area contributed by atoms with Crippen molar-refractivity contribution in [1.82, 2.24) is 0 Å². The second kappa shape index (κ2) is 10.2. The topological polar surface area (TPSA) is 0 Å². The van der Waals surface area contributed by atoms with Crippen LogP contribution in [0.1, 0.15) is 114 Å². The molecule has 3 atom stereocenters. The van der Waals surface area contributed by atoms with Gasteiger partial charge in [0, 0.05) is 23.2 Å². The van der Waals surface area contributed by atoms with Crippen LogP contribution in [-0.4, -0.2) is 0 Å². The van der Waals surface area contributed by atoms with Gasteiger partial charge in [-0.05, 0) is 72.7 Å². The molecule has 4 aromatic carbocycles. The van der Waals surface area contributed by atoms with Gasteiger partial charge in [-0.15, -0.1) is 0 Å². The van der Waals surface area contributed by atoms with Crippen molar-refractivity contribution in [2.75, 3.05) is 0 Å². The molecular weight excluding hydrogens is 540 g/mol. The van der Waals surface area contributed by atoms with E-state index in [1.54, 1.807) is 5.57 Å². The fourth-order valence-electron chi connectivity index (χ4n) is 8.66. The minimum atomic E-state index is -0.131. The van der Waals surface area contributed by atoms with Crippen molar-refractivity contribution in [2.45, 2.75) is 96.8 Å². The van der Waals surface area contributed by atoms with E-state index in [-0.39, 0.29) is 27.6 Å². The van der Waals surface area contributed by atoms with Gasteiger partial charge in [0.05, 0.1) is 0 Å². The van der Waals surface area contributed by atoms with Gasteiger partial charge < -0.3 is 0 Å². The maximum atomic E-state index is 2.68. The van der Waals surface area contributed by atoms with Gasteiger partial charge in [-0.1, -0.05) is 177 Å². The van der Waals surface area contributed by atoms with Crippen molar-refractivity contribution in [3.8, 4) is 11.1 Å². The smallest absolute Gasteiger partial charge is 0.0208 e. The molecule has 3 unspecified atom stereocenters. The van der Waals surface area contributed by atoms with E-state index in [1.807, 2.05) is 0 Å². The van der Waals surface area contributed by atoms with Gasteiger partial charge >= 0.3 is 0 Å². The molecule has 0 radical (unpaired) electrons. The molecule has 0 aliphatic heterocycles. The molecule has 1 saturated carbocycles. The van der Waals surface area contributed by atoms with Crippen molar-refractivity contribution in [3.63, 3.8) is 0 Å². The predicted octanol–water partition coefficient (Wildman–Crippen LogP) is 12.0. The third-order valence-corrected chi connectivity index (χ3v) is 11.2. The zero-order chi connectivity index (χ0) is 31.9. The van der Waals surface area contributed by atoms with Crippen molar-refractivity contribution in [2.24, 2.45) is 11.3 Å². The molecule has 0 aromatic heterocycles. The molecule has 1 fully saturated rings. The summed E-state index contributed by atoms with van der Waals surface area (Å²) in [6, 6.07) is 37.8. The van der Waals surface area contributed by atoms with E-state index in [9.17, 15) is 0 Å². The summed E-state index contributed by atoms with van der Waals surface area (Å²) in [4.78, 5) is 0. The molecule has 0 spiro atoms. The zero-order valence-corrected chi connectivity index (χ0v) is 28.8. The second-order valence-corrected chi connectivity index (χ2v) is 17.1. The molecular formula is C45H50. The highest BCUT2D eigenvalue weighted by Crippen LogP contribution is 2.68. The molecule has 0 heteroatoms. The average Bonchev–Trinajstić information content (AvgIpc) is 3.67. The van der Waals surface area contributed by atoms with Crippen LogP contribution in [0.5, 0.6) is 0 Å². The summed E-state index contributed by atoms with van der Waals surface area (Å²) in [7, 11) is 0. The molecule has 0 saturated heterocycles. The van der Waals surface area contributed by atoms with Crippen LogP contribution in [0.4, 0.5) is 0 Å². The Morgan fingerprint density at radius 2 is 1.09 bits per heavy atom. The summed E-state index contributed by atoms with van der Waals surface area (Å²) in [5.41, 5.74) is 14.8. The van der Waals surface area contributed by atoms with E-state index in [0.29, 0.717) is 11.8 Å². The van der Waals surface area contributed by atoms with Gasteiger partial charge in [0.2, 0.25) is 0 Å². The second-order valence-electron chi connectivity index (χ2n) is 17.1. The Morgan fingerprint density at radius 1 is 0.578 bits per heavy atom. The summed E-state index contributed by atoms with van der Waals surface area (Å²) >= 11 is 0. The summed E-state index contributed by atoms with van der Waals surface area (Å²) < 4.78 is 0. The summed E-state index contributed by atoms with van der Waals surface area (Å²) in [5, 5.41) is 0. The summed E-state index contributed by atoms with van der Waals surface area (Å²) in [6.07, 6.45) is 6.37. The number of benzene rings is 4. The van der Waals surface area contributed by atoms with Crippen molar-refractivity contribution >= 4 is 0 Å². The highest BCUT2D eigenvalue weighted by atomic mass is 14.6. The lowest BCUT2D eigenvalue weighted by molar-refractivity contribution is 0.336. The van der Waals surface area contributed by atoms with E-state index in [1.165, 1.54) is 50.1 Å². The quantitative estimate of drug-likeness (QED) is 0.223. The van der Waals surface area contributed by atoms with Gasteiger partial charge in [-0.3, -0.25) is 0 Å². The van der Waals surface area contributed by atoms with E-state index in [0.717, 1.165) is 6.42 Å².